The summed E-state index contributed by atoms with van der Waals surface area (Å²) in [5.41, 5.74) is 0. The molecular weight excluding hydrogens is 197 g/mol. The van der Waals surface area contributed by atoms with Gasteiger partial charge in [0.15, 0.2) is 0 Å². The Bertz CT molecular complexity index is 239. The van der Waals surface area contributed by atoms with Crippen molar-refractivity contribution in [1.82, 2.24) is 4.98 Å². The first kappa shape index (κ1) is 9.81. The molecule has 12 heavy (non-hydrogen) atoms. The van der Waals surface area contributed by atoms with Crippen LogP contribution in [0.25, 0.3) is 0 Å². The molecule has 0 N–H and O–H groups in total. The third-order valence-corrected chi connectivity index (χ3v) is 2.94. The van der Waals surface area contributed by atoms with Crippen LogP contribution in [0.4, 0.5) is 4.39 Å². The van der Waals surface area contributed by atoms with Gasteiger partial charge in [0.25, 0.3) is 0 Å². The summed E-state index contributed by atoms with van der Waals surface area (Å²) in [5.74, 6) is 0.266. The van der Waals surface area contributed by atoms with E-state index in [1.807, 2.05) is 6.92 Å². The first-order valence-electron chi connectivity index (χ1n) is 3.56. The number of hydrogen-bond donors (Lipinski definition) is 0. The molecule has 0 aliphatic carbocycles. The Morgan fingerprint density at radius 3 is 2.92 bits per heavy atom. The Labute approximate surface area is 80.3 Å². The summed E-state index contributed by atoms with van der Waals surface area (Å²) < 4.78 is 12.4. The van der Waals surface area contributed by atoms with E-state index in [1.54, 1.807) is 17.8 Å². The van der Waals surface area contributed by atoms with E-state index in [0.29, 0.717) is 11.1 Å². The van der Waals surface area contributed by atoms with Crippen LogP contribution in [0.15, 0.2) is 23.4 Å². The van der Waals surface area contributed by atoms with Crippen molar-refractivity contribution in [3.63, 3.8) is 0 Å². The Hall–Kier alpha value is -0.280. The third-order valence-electron chi connectivity index (χ3n) is 1.24. The first-order valence-corrected chi connectivity index (χ1v) is 4.98. The van der Waals surface area contributed by atoms with Crippen molar-refractivity contribution in [2.45, 2.75) is 17.2 Å². The molecule has 1 aromatic heterocycles. The molecule has 66 valence electrons. The zero-order valence-corrected chi connectivity index (χ0v) is 8.20. The molecule has 4 heteroatoms. The van der Waals surface area contributed by atoms with Crippen molar-refractivity contribution in [1.29, 1.82) is 0 Å². The number of nitrogens with zero attached hydrogens (tertiary/aromatic N) is 1. The number of alkyl halides is 1. The van der Waals surface area contributed by atoms with Gasteiger partial charge in [0.2, 0.25) is 0 Å². The molecule has 0 saturated carbocycles. The maximum absolute atomic E-state index is 12.4. The van der Waals surface area contributed by atoms with Gasteiger partial charge in [-0.1, -0.05) is 6.92 Å². The van der Waals surface area contributed by atoms with Crippen molar-refractivity contribution in [2.24, 2.45) is 0 Å². The van der Waals surface area contributed by atoms with E-state index < -0.39 is 0 Å². The first-order chi connectivity index (χ1) is 5.72. The molecule has 0 radical (unpaired) electrons. The average molecular weight is 206 g/mol. The molecule has 0 aliphatic rings. The van der Waals surface area contributed by atoms with Crippen LogP contribution in [0.1, 0.15) is 6.92 Å². The van der Waals surface area contributed by atoms with Crippen LogP contribution in [0.3, 0.4) is 0 Å². The van der Waals surface area contributed by atoms with Gasteiger partial charge in [0.05, 0.1) is 11.2 Å². The van der Waals surface area contributed by atoms with Gasteiger partial charge in [-0.15, -0.1) is 23.4 Å². The Balaban J connectivity index is 2.58. The summed E-state index contributed by atoms with van der Waals surface area (Å²) in [6, 6.07) is 3.05. The lowest BCUT2D eigenvalue weighted by atomic mass is 10.5. The third kappa shape index (κ3) is 2.99. The van der Waals surface area contributed by atoms with E-state index in [0.717, 1.165) is 5.03 Å². The van der Waals surface area contributed by atoms with E-state index >= 15 is 0 Å². The second-order valence-electron chi connectivity index (χ2n) is 2.40. The zero-order chi connectivity index (χ0) is 8.97. The molecule has 0 aliphatic heterocycles. The standard InChI is InChI=1S/C8H9ClFNS/c1-6(4-9)12-8-3-2-7(10)5-11-8/h2-3,5-6H,4H2,1H3. The van der Waals surface area contributed by atoms with Gasteiger partial charge < -0.3 is 0 Å². The van der Waals surface area contributed by atoms with Crippen LogP contribution in [-0.4, -0.2) is 16.1 Å². The SMILES string of the molecule is CC(CCl)Sc1ccc(F)cn1. The Morgan fingerprint density at radius 1 is 1.67 bits per heavy atom. The summed E-state index contributed by atoms with van der Waals surface area (Å²) in [6.07, 6.45) is 1.21. The largest absolute Gasteiger partial charge is 0.247 e. The van der Waals surface area contributed by atoms with Crippen molar-refractivity contribution in [3.05, 3.63) is 24.1 Å². The van der Waals surface area contributed by atoms with E-state index in [-0.39, 0.29) is 5.82 Å². The average Bonchev–Trinajstić information content (AvgIpc) is 2.09. The molecule has 0 amide bonds. The minimum Gasteiger partial charge on any atom is -0.247 e. The summed E-state index contributed by atoms with van der Waals surface area (Å²) in [7, 11) is 0. The summed E-state index contributed by atoms with van der Waals surface area (Å²) in [5, 5.41) is 1.12. The normalized spacial score (nSPS) is 12.9. The molecule has 1 heterocycles. The van der Waals surface area contributed by atoms with Gasteiger partial charge in [-0.25, -0.2) is 9.37 Å². The van der Waals surface area contributed by atoms with E-state index in [4.69, 9.17) is 11.6 Å². The second kappa shape index (κ2) is 4.67. The van der Waals surface area contributed by atoms with E-state index in [1.165, 1.54) is 12.3 Å². The van der Waals surface area contributed by atoms with Gasteiger partial charge in [0.1, 0.15) is 5.82 Å². The van der Waals surface area contributed by atoms with Crippen LogP contribution in [0, 0.1) is 5.82 Å². The number of pyridine rings is 1. The number of hydrogen-bond acceptors (Lipinski definition) is 2. The number of aromatic nitrogens is 1. The summed E-state index contributed by atoms with van der Waals surface area (Å²) >= 11 is 7.15. The predicted molar refractivity (Wildman–Crippen MR) is 50.2 cm³/mol. The lowest BCUT2D eigenvalue weighted by Crippen LogP contribution is -1.97. The quantitative estimate of drug-likeness (QED) is 0.556. The summed E-state index contributed by atoms with van der Waals surface area (Å²) in [6.45, 7) is 2.00. The van der Waals surface area contributed by atoms with Gasteiger partial charge in [-0.3, -0.25) is 0 Å². The van der Waals surface area contributed by atoms with Crippen molar-refractivity contribution in [3.8, 4) is 0 Å². The molecule has 0 fully saturated rings. The molecule has 0 aromatic carbocycles. The Morgan fingerprint density at radius 2 is 2.42 bits per heavy atom. The molecule has 1 unspecified atom stereocenters. The van der Waals surface area contributed by atoms with Crippen molar-refractivity contribution in [2.75, 3.05) is 5.88 Å². The molecular formula is C8H9ClFNS. The minimum atomic E-state index is -0.308. The smallest absolute Gasteiger partial charge is 0.141 e. The predicted octanol–water partition coefficient (Wildman–Crippen LogP) is 2.94. The Kier molecular flexibility index (Phi) is 3.82. The molecule has 0 saturated heterocycles. The van der Waals surface area contributed by atoms with Gasteiger partial charge in [-0.2, -0.15) is 0 Å². The van der Waals surface area contributed by atoms with Gasteiger partial charge >= 0.3 is 0 Å². The van der Waals surface area contributed by atoms with Gasteiger partial charge in [-0.05, 0) is 12.1 Å². The fourth-order valence-corrected chi connectivity index (χ4v) is 1.59. The molecule has 1 rings (SSSR count). The van der Waals surface area contributed by atoms with Crippen molar-refractivity contribution < 1.29 is 4.39 Å². The lowest BCUT2D eigenvalue weighted by molar-refractivity contribution is 0.618. The van der Waals surface area contributed by atoms with Crippen LogP contribution in [0.2, 0.25) is 0 Å². The highest BCUT2D eigenvalue weighted by atomic mass is 35.5. The van der Waals surface area contributed by atoms with Gasteiger partial charge in [0, 0.05) is 11.1 Å². The number of halogens is 2. The fraction of sp³-hybridized carbons (Fsp3) is 0.375. The van der Waals surface area contributed by atoms with Crippen molar-refractivity contribution >= 4 is 23.4 Å². The molecule has 1 atom stereocenters. The van der Waals surface area contributed by atoms with Crippen LogP contribution < -0.4 is 0 Å². The molecule has 1 aromatic rings. The molecule has 0 bridgehead atoms. The monoisotopic (exact) mass is 205 g/mol. The lowest BCUT2D eigenvalue weighted by Gasteiger charge is -2.04. The minimum absolute atomic E-state index is 0.308. The zero-order valence-electron chi connectivity index (χ0n) is 6.63. The number of rotatable bonds is 3. The van der Waals surface area contributed by atoms with Crippen LogP contribution >= 0.6 is 23.4 Å². The number of thioether (sulfide) groups is 1. The maximum Gasteiger partial charge on any atom is 0.141 e. The molecule has 1 nitrogen and oxygen atoms in total. The highest BCUT2D eigenvalue weighted by molar-refractivity contribution is 7.99. The maximum atomic E-state index is 12.4. The molecule has 0 spiro atoms. The topological polar surface area (TPSA) is 12.9 Å². The second-order valence-corrected chi connectivity index (χ2v) is 4.16. The summed E-state index contributed by atoms with van der Waals surface area (Å²) in [4.78, 5) is 3.90. The van der Waals surface area contributed by atoms with E-state index in [9.17, 15) is 4.39 Å². The fourth-order valence-electron chi connectivity index (χ4n) is 0.670. The van der Waals surface area contributed by atoms with Crippen LogP contribution in [0.5, 0.6) is 0 Å². The highest BCUT2D eigenvalue weighted by Crippen LogP contribution is 2.21. The highest BCUT2D eigenvalue weighted by Gasteiger charge is 2.03. The van der Waals surface area contributed by atoms with E-state index in [2.05, 4.69) is 4.98 Å². The van der Waals surface area contributed by atoms with Crippen LogP contribution in [-0.2, 0) is 0 Å².